The van der Waals surface area contributed by atoms with Gasteiger partial charge in [-0.25, -0.2) is 0 Å². The van der Waals surface area contributed by atoms with E-state index < -0.39 is 12.7 Å². The zero-order valence-corrected chi connectivity index (χ0v) is 17.3. The molecule has 2 aliphatic rings. The lowest BCUT2D eigenvalue weighted by molar-refractivity contribution is -0.143. The van der Waals surface area contributed by atoms with Crippen molar-refractivity contribution in [3.05, 3.63) is 0 Å². The summed E-state index contributed by atoms with van der Waals surface area (Å²) in [6.07, 6.45) is 1.20. The largest absolute Gasteiger partial charge is 0.401 e. The van der Waals surface area contributed by atoms with Crippen LogP contribution < -0.4 is 10.6 Å². The van der Waals surface area contributed by atoms with E-state index in [1.807, 2.05) is 0 Å². The second kappa shape index (κ2) is 10.1. The number of alkyl halides is 3. The van der Waals surface area contributed by atoms with Crippen LogP contribution in [0.5, 0.6) is 0 Å². The van der Waals surface area contributed by atoms with Crippen molar-refractivity contribution in [2.24, 2.45) is 10.4 Å². The topological polar surface area (TPSA) is 48.9 Å². The van der Waals surface area contributed by atoms with Crippen molar-refractivity contribution in [1.82, 2.24) is 15.5 Å². The van der Waals surface area contributed by atoms with E-state index in [1.54, 1.807) is 14.2 Å². The summed E-state index contributed by atoms with van der Waals surface area (Å²) >= 11 is 0. The van der Waals surface area contributed by atoms with Crippen molar-refractivity contribution in [3.8, 4) is 0 Å². The van der Waals surface area contributed by atoms with Crippen LogP contribution in [0.2, 0.25) is 0 Å². The molecule has 0 amide bonds. The Kier molecular flexibility index (Phi) is 9.24. The fourth-order valence-electron chi connectivity index (χ4n) is 3.52. The van der Waals surface area contributed by atoms with Gasteiger partial charge in [-0.3, -0.25) is 9.89 Å². The van der Waals surface area contributed by atoms with Crippen LogP contribution in [-0.2, 0) is 4.74 Å². The van der Waals surface area contributed by atoms with Gasteiger partial charge >= 0.3 is 6.18 Å². The average Bonchev–Trinajstić information content (AvgIpc) is 2.89. The molecule has 2 N–H and O–H groups in total. The SMILES string of the molecule is CN=C(NCC1(CCOC)CCC1)NC1CCN(CC(F)(F)F)C1.I. The number of nitrogens with one attached hydrogen (secondary N) is 2. The molecular weight excluding hydrogens is 448 g/mol. The van der Waals surface area contributed by atoms with Crippen molar-refractivity contribution in [3.63, 3.8) is 0 Å². The first-order valence-electron chi connectivity index (χ1n) is 8.61. The number of rotatable bonds is 7. The van der Waals surface area contributed by atoms with E-state index in [4.69, 9.17) is 4.74 Å². The molecule has 2 fully saturated rings. The highest BCUT2D eigenvalue weighted by Gasteiger charge is 2.37. The van der Waals surface area contributed by atoms with Gasteiger partial charge < -0.3 is 15.4 Å². The van der Waals surface area contributed by atoms with Gasteiger partial charge in [0, 0.05) is 46.4 Å². The van der Waals surface area contributed by atoms with E-state index in [0.717, 1.165) is 19.6 Å². The molecule has 1 unspecified atom stereocenters. The second-order valence-corrected chi connectivity index (χ2v) is 7.00. The normalized spacial score (nSPS) is 23.7. The zero-order chi connectivity index (χ0) is 17.6. The Bertz CT molecular complexity index is 430. The summed E-state index contributed by atoms with van der Waals surface area (Å²) in [6.45, 7) is 1.61. The molecular formula is C16H30F3IN4O. The molecule has 9 heteroatoms. The highest BCUT2D eigenvalue weighted by molar-refractivity contribution is 14.0. The van der Waals surface area contributed by atoms with E-state index in [1.165, 1.54) is 24.2 Å². The summed E-state index contributed by atoms with van der Waals surface area (Å²) in [5, 5.41) is 6.61. The van der Waals surface area contributed by atoms with Gasteiger partial charge in [0.2, 0.25) is 0 Å². The molecule has 0 aromatic rings. The van der Waals surface area contributed by atoms with Gasteiger partial charge in [0.05, 0.1) is 6.54 Å². The number of halogens is 4. The number of aliphatic imine (C=N–C) groups is 1. The molecule has 1 aliphatic carbocycles. The molecule has 1 aliphatic heterocycles. The summed E-state index contributed by atoms with van der Waals surface area (Å²) in [5.41, 5.74) is 0.269. The van der Waals surface area contributed by atoms with Crippen molar-refractivity contribution in [1.29, 1.82) is 0 Å². The zero-order valence-electron chi connectivity index (χ0n) is 15.0. The standard InChI is InChI=1S/C16H29F3N4O.HI/c1-20-14(21-11-15(5-3-6-15)7-9-24-2)22-13-4-8-23(10-13)12-16(17,18)19;/h13H,3-12H2,1-2H3,(H2,20,21,22);1H. The Morgan fingerprint density at radius 3 is 2.60 bits per heavy atom. The minimum atomic E-state index is -4.13. The first kappa shape index (κ1) is 22.8. The Balaban J connectivity index is 0.00000312. The predicted molar refractivity (Wildman–Crippen MR) is 104 cm³/mol. The van der Waals surface area contributed by atoms with Gasteiger partial charge in [-0.05, 0) is 31.1 Å². The van der Waals surface area contributed by atoms with E-state index in [9.17, 15) is 13.2 Å². The van der Waals surface area contributed by atoms with E-state index in [-0.39, 0.29) is 35.4 Å². The van der Waals surface area contributed by atoms with Crippen LogP contribution in [0.3, 0.4) is 0 Å². The molecule has 1 saturated carbocycles. The monoisotopic (exact) mass is 478 g/mol. The Labute approximate surface area is 165 Å². The molecule has 0 spiro atoms. The summed E-state index contributed by atoms with van der Waals surface area (Å²) in [5.74, 6) is 0.678. The van der Waals surface area contributed by atoms with Gasteiger partial charge in [0.25, 0.3) is 0 Å². The molecule has 5 nitrogen and oxygen atoms in total. The van der Waals surface area contributed by atoms with Crippen molar-refractivity contribution in [2.75, 3.05) is 46.9 Å². The van der Waals surface area contributed by atoms with Crippen molar-refractivity contribution in [2.45, 2.75) is 44.3 Å². The highest BCUT2D eigenvalue weighted by Crippen LogP contribution is 2.43. The quantitative estimate of drug-likeness (QED) is 0.336. The van der Waals surface area contributed by atoms with Crippen LogP contribution >= 0.6 is 24.0 Å². The predicted octanol–water partition coefficient (Wildman–Crippen LogP) is 2.61. The molecule has 148 valence electrons. The van der Waals surface area contributed by atoms with Crippen LogP contribution in [0.1, 0.15) is 32.1 Å². The third kappa shape index (κ3) is 7.46. The fraction of sp³-hybridized carbons (Fsp3) is 0.938. The van der Waals surface area contributed by atoms with Gasteiger partial charge in [0.15, 0.2) is 5.96 Å². The Morgan fingerprint density at radius 1 is 1.36 bits per heavy atom. The Morgan fingerprint density at radius 2 is 2.08 bits per heavy atom. The minimum Gasteiger partial charge on any atom is -0.385 e. The van der Waals surface area contributed by atoms with Crippen LogP contribution in [0.25, 0.3) is 0 Å². The first-order chi connectivity index (χ1) is 11.4. The van der Waals surface area contributed by atoms with Gasteiger partial charge in [-0.2, -0.15) is 13.2 Å². The summed E-state index contributed by atoms with van der Waals surface area (Å²) in [7, 11) is 3.41. The lowest BCUT2D eigenvalue weighted by Crippen LogP contribution is -2.50. The Hall–Kier alpha value is -0.290. The fourth-order valence-corrected chi connectivity index (χ4v) is 3.52. The molecule has 25 heavy (non-hydrogen) atoms. The molecule has 0 bridgehead atoms. The van der Waals surface area contributed by atoms with Gasteiger partial charge in [-0.15, -0.1) is 24.0 Å². The molecule has 1 heterocycles. The summed E-state index contributed by atoms with van der Waals surface area (Å²) < 4.78 is 42.6. The van der Waals surface area contributed by atoms with E-state index in [2.05, 4.69) is 15.6 Å². The maximum atomic E-state index is 12.5. The number of nitrogens with zero attached hydrogens (tertiary/aromatic N) is 2. The molecule has 1 atom stereocenters. The molecule has 2 rings (SSSR count). The van der Waals surface area contributed by atoms with Crippen molar-refractivity contribution < 1.29 is 17.9 Å². The molecule has 1 saturated heterocycles. The van der Waals surface area contributed by atoms with Gasteiger partial charge in [-0.1, -0.05) is 6.42 Å². The summed E-state index contributed by atoms with van der Waals surface area (Å²) in [6, 6.07) is 0.00913. The number of ether oxygens (including phenoxy) is 1. The smallest absolute Gasteiger partial charge is 0.385 e. The summed E-state index contributed by atoms with van der Waals surface area (Å²) in [4.78, 5) is 5.66. The number of hydrogen-bond donors (Lipinski definition) is 2. The molecule has 0 aromatic carbocycles. The second-order valence-electron chi connectivity index (χ2n) is 7.00. The maximum Gasteiger partial charge on any atom is 0.401 e. The van der Waals surface area contributed by atoms with Gasteiger partial charge in [0.1, 0.15) is 0 Å². The third-order valence-corrected chi connectivity index (χ3v) is 5.12. The van der Waals surface area contributed by atoms with E-state index in [0.29, 0.717) is 25.5 Å². The van der Waals surface area contributed by atoms with E-state index >= 15 is 0 Å². The molecule has 0 radical (unpaired) electrons. The minimum absolute atomic E-state index is 0. The number of guanidine groups is 1. The van der Waals surface area contributed by atoms with Crippen LogP contribution in [-0.4, -0.2) is 70.0 Å². The third-order valence-electron chi connectivity index (χ3n) is 5.12. The lowest BCUT2D eigenvalue weighted by Gasteiger charge is -2.42. The van der Waals surface area contributed by atoms with Crippen molar-refractivity contribution >= 4 is 29.9 Å². The number of hydrogen-bond acceptors (Lipinski definition) is 3. The first-order valence-corrected chi connectivity index (χ1v) is 8.61. The van der Waals surface area contributed by atoms with Crippen LogP contribution in [0.15, 0.2) is 4.99 Å². The van der Waals surface area contributed by atoms with Crippen LogP contribution in [0, 0.1) is 5.41 Å². The number of likely N-dealkylation sites (tertiary alicyclic amines) is 1. The average molecular weight is 478 g/mol. The number of methoxy groups -OCH3 is 1. The maximum absolute atomic E-state index is 12.5. The lowest BCUT2D eigenvalue weighted by atomic mass is 9.67. The van der Waals surface area contributed by atoms with Crippen LogP contribution in [0.4, 0.5) is 13.2 Å². The molecule has 0 aromatic heterocycles. The highest BCUT2D eigenvalue weighted by atomic mass is 127.